The number of aliphatic imine (C=N–C) groups is 1. The highest BCUT2D eigenvalue weighted by atomic mass is 16.1. The van der Waals surface area contributed by atoms with Crippen molar-refractivity contribution in [3.8, 4) is 5.69 Å². The molecule has 8 aliphatic carbocycles. The Morgan fingerprint density at radius 1 is 0.714 bits per heavy atom. The molecule has 8 bridgehead atoms. The summed E-state index contributed by atoms with van der Waals surface area (Å²) in [5.41, 5.74) is 8.38. The molecule has 11 rings (SSSR count). The number of nitrogens with zero attached hydrogens (tertiary/aromatic N) is 2. The number of hydrogen-bond acceptors (Lipinski definition) is 2. The Morgan fingerprint density at radius 2 is 1.19 bits per heavy atom. The molecule has 8 aliphatic rings. The van der Waals surface area contributed by atoms with E-state index < -0.39 is 0 Å². The summed E-state index contributed by atoms with van der Waals surface area (Å²) in [4.78, 5) is 18.4. The molecule has 8 saturated carbocycles. The fourth-order valence-corrected chi connectivity index (χ4v) is 12.1. The van der Waals surface area contributed by atoms with Gasteiger partial charge in [0.2, 0.25) is 0 Å². The van der Waals surface area contributed by atoms with Crippen LogP contribution in [0.25, 0.3) is 5.69 Å². The van der Waals surface area contributed by atoms with Crippen LogP contribution in [0.3, 0.4) is 0 Å². The summed E-state index contributed by atoms with van der Waals surface area (Å²) in [6.45, 7) is 4.16. The SMILES string of the molecule is Cc1cc(C23CC4CC(CC(C4)C2)C3)ccc1N=Cc1c(C)[nH]n(-c2ccc(C34CC5CC(CC(C5)C3)C4)cc2)c1=O. The molecule has 4 nitrogen and oxygen atoms in total. The topological polar surface area (TPSA) is 50.1 Å². The second kappa shape index (κ2) is 9.07. The van der Waals surface area contributed by atoms with Crippen LogP contribution in [0, 0.1) is 49.4 Å². The Morgan fingerprint density at radius 3 is 1.69 bits per heavy atom. The van der Waals surface area contributed by atoms with E-state index in [1.807, 2.05) is 6.92 Å². The van der Waals surface area contributed by atoms with E-state index in [4.69, 9.17) is 4.99 Å². The molecule has 0 spiro atoms. The maximum Gasteiger partial charge on any atom is 0.280 e. The quantitative estimate of drug-likeness (QED) is 0.313. The molecule has 8 fully saturated rings. The molecule has 1 aromatic heterocycles. The molecular weight excluding hydrogens is 514 g/mol. The third-order valence-corrected chi connectivity index (χ3v) is 13.1. The first-order valence-electron chi connectivity index (χ1n) is 16.9. The fourth-order valence-electron chi connectivity index (χ4n) is 12.1. The number of aromatic nitrogens is 2. The zero-order chi connectivity index (χ0) is 28.2. The highest BCUT2D eigenvalue weighted by molar-refractivity contribution is 5.83. The maximum atomic E-state index is 13.6. The number of aromatic amines is 1. The lowest BCUT2D eigenvalue weighted by Gasteiger charge is -2.57. The van der Waals surface area contributed by atoms with Crippen molar-refractivity contribution < 1.29 is 0 Å². The summed E-state index contributed by atoms with van der Waals surface area (Å²) in [6, 6.07) is 15.9. The van der Waals surface area contributed by atoms with Gasteiger partial charge in [-0.15, -0.1) is 0 Å². The van der Waals surface area contributed by atoms with Crippen LogP contribution in [0.2, 0.25) is 0 Å². The average molecular weight is 560 g/mol. The number of nitrogens with one attached hydrogen (secondary N) is 1. The molecule has 42 heavy (non-hydrogen) atoms. The van der Waals surface area contributed by atoms with Crippen molar-refractivity contribution in [1.29, 1.82) is 0 Å². The minimum absolute atomic E-state index is 0.0263. The second-order valence-corrected chi connectivity index (χ2v) is 16.0. The van der Waals surface area contributed by atoms with Crippen molar-refractivity contribution in [2.75, 3.05) is 0 Å². The van der Waals surface area contributed by atoms with Gasteiger partial charge in [0.1, 0.15) is 0 Å². The van der Waals surface area contributed by atoms with Crippen LogP contribution >= 0.6 is 0 Å². The van der Waals surface area contributed by atoms with E-state index in [9.17, 15) is 4.79 Å². The molecule has 0 atom stereocenters. The van der Waals surface area contributed by atoms with Gasteiger partial charge in [-0.05, 0) is 172 Å². The van der Waals surface area contributed by atoms with E-state index in [0.717, 1.165) is 52.6 Å². The molecule has 218 valence electrons. The number of aryl methyl sites for hydroxylation is 2. The van der Waals surface area contributed by atoms with Gasteiger partial charge < -0.3 is 0 Å². The summed E-state index contributed by atoms with van der Waals surface area (Å²) in [6.07, 6.45) is 18.8. The van der Waals surface area contributed by atoms with E-state index in [1.165, 1.54) is 93.7 Å². The molecule has 0 saturated heterocycles. The molecule has 0 amide bonds. The normalized spacial score (nSPS) is 37.8. The molecule has 4 heteroatoms. The summed E-state index contributed by atoms with van der Waals surface area (Å²) in [5.74, 6) is 5.64. The van der Waals surface area contributed by atoms with Crippen LogP contribution in [0.1, 0.15) is 105 Å². The van der Waals surface area contributed by atoms with Crippen LogP contribution in [0.15, 0.2) is 52.3 Å². The van der Waals surface area contributed by atoms with Gasteiger partial charge in [-0.3, -0.25) is 14.9 Å². The molecule has 3 aromatic rings. The van der Waals surface area contributed by atoms with Crippen LogP contribution in [0.5, 0.6) is 0 Å². The zero-order valence-corrected chi connectivity index (χ0v) is 25.4. The lowest BCUT2D eigenvalue weighted by molar-refractivity contribution is -0.00531. The van der Waals surface area contributed by atoms with Crippen LogP contribution < -0.4 is 5.56 Å². The molecule has 0 aliphatic heterocycles. The molecule has 1 heterocycles. The molecule has 2 aromatic carbocycles. The number of benzene rings is 2. The van der Waals surface area contributed by atoms with E-state index in [-0.39, 0.29) is 5.56 Å². The van der Waals surface area contributed by atoms with Gasteiger partial charge in [-0.2, -0.15) is 0 Å². The predicted octanol–water partition coefficient (Wildman–Crippen LogP) is 8.47. The van der Waals surface area contributed by atoms with Gasteiger partial charge >= 0.3 is 0 Å². The van der Waals surface area contributed by atoms with Crippen LogP contribution in [-0.4, -0.2) is 16.0 Å². The smallest absolute Gasteiger partial charge is 0.280 e. The highest BCUT2D eigenvalue weighted by Crippen LogP contribution is 2.62. The number of rotatable bonds is 5. The zero-order valence-electron chi connectivity index (χ0n) is 25.4. The average Bonchev–Trinajstić information content (AvgIpc) is 3.23. The van der Waals surface area contributed by atoms with Crippen molar-refractivity contribution >= 4 is 11.9 Å². The maximum absolute atomic E-state index is 13.6. The second-order valence-electron chi connectivity index (χ2n) is 16.0. The lowest BCUT2D eigenvalue weighted by Crippen LogP contribution is -2.48. The summed E-state index contributed by atoms with van der Waals surface area (Å²) in [5, 5.41) is 3.33. The van der Waals surface area contributed by atoms with Crippen molar-refractivity contribution in [2.24, 2.45) is 40.5 Å². The monoisotopic (exact) mass is 559 g/mol. The molecule has 0 unspecified atom stereocenters. The number of H-pyrrole nitrogens is 1. The summed E-state index contributed by atoms with van der Waals surface area (Å²) < 4.78 is 1.70. The number of hydrogen-bond donors (Lipinski definition) is 1. The van der Waals surface area contributed by atoms with Gasteiger partial charge in [0.05, 0.1) is 16.9 Å². The summed E-state index contributed by atoms with van der Waals surface area (Å²) in [7, 11) is 0. The van der Waals surface area contributed by atoms with Crippen LogP contribution in [-0.2, 0) is 10.8 Å². The Labute approximate surface area is 250 Å². The third kappa shape index (κ3) is 3.92. The van der Waals surface area contributed by atoms with E-state index in [1.54, 1.807) is 10.9 Å². The standard InChI is InChI=1S/C38H45N3O/c1-23-9-32(38-19-28-13-29(20-38)15-30(14-28)21-38)5-8-35(23)39-22-34-24(2)40-41(36(34)42)33-6-3-31(4-7-33)37-16-25-10-26(17-37)12-27(11-25)18-37/h3-9,22,25-30,40H,10-21H2,1-2H3. The first kappa shape index (κ1) is 25.6. The third-order valence-electron chi connectivity index (χ3n) is 13.1. The van der Waals surface area contributed by atoms with Gasteiger partial charge in [0.15, 0.2) is 0 Å². The molecule has 1 N–H and O–H groups in total. The van der Waals surface area contributed by atoms with Crippen molar-refractivity contribution in [2.45, 2.75) is 102 Å². The minimum atomic E-state index is -0.0263. The first-order valence-corrected chi connectivity index (χ1v) is 16.9. The van der Waals surface area contributed by atoms with Gasteiger partial charge in [0.25, 0.3) is 5.56 Å². The van der Waals surface area contributed by atoms with E-state index in [0.29, 0.717) is 16.4 Å². The Hall–Kier alpha value is -2.88. The van der Waals surface area contributed by atoms with Crippen molar-refractivity contribution in [1.82, 2.24) is 9.78 Å². The van der Waals surface area contributed by atoms with Gasteiger partial charge in [-0.25, -0.2) is 4.68 Å². The summed E-state index contributed by atoms with van der Waals surface area (Å²) >= 11 is 0. The minimum Gasteiger partial charge on any atom is -0.295 e. The van der Waals surface area contributed by atoms with Crippen molar-refractivity contribution in [3.05, 3.63) is 80.8 Å². The largest absolute Gasteiger partial charge is 0.295 e. The Balaban J connectivity index is 0.959. The first-order chi connectivity index (χ1) is 20.3. The lowest BCUT2D eigenvalue weighted by atomic mass is 9.48. The molecular formula is C38H45N3O. The van der Waals surface area contributed by atoms with E-state index in [2.05, 4.69) is 54.5 Å². The van der Waals surface area contributed by atoms with Crippen LogP contribution in [0.4, 0.5) is 5.69 Å². The molecule has 0 radical (unpaired) electrons. The Kier molecular flexibility index (Phi) is 5.53. The van der Waals surface area contributed by atoms with Gasteiger partial charge in [-0.1, -0.05) is 24.3 Å². The predicted molar refractivity (Wildman–Crippen MR) is 169 cm³/mol. The Bertz CT molecular complexity index is 1560. The highest BCUT2D eigenvalue weighted by Gasteiger charge is 2.52. The van der Waals surface area contributed by atoms with Crippen molar-refractivity contribution in [3.63, 3.8) is 0 Å². The fraction of sp³-hybridized carbons (Fsp3) is 0.579. The van der Waals surface area contributed by atoms with Gasteiger partial charge in [0, 0.05) is 11.9 Å². The van der Waals surface area contributed by atoms with E-state index >= 15 is 0 Å².